The fourth-order valence-electron chi connectivity index (χ4n) is 7.32. The summed E-state index contributed by atoms with van der Waals surface area (Å²) in [6.45, 7) is 2.46. The van der Waals surface area contributed by atoms with Crippen molar-refractivity contribution in [2.24, 2.45) is 5.92 Å². The Balaban J connectivity index is 1.08. The second-order valence-electron chi connectivity index (χ2n) is 13.0. The molecule has 0 unspecified atom stereocenters. The van der Waals surface area contributed by atoms with Gasteiger partial charge in [-0.1, -0.05) is 29.8 Å². The van der Waals surface area contributed by atoms with Crippen LogP contribution in [0.25, 0.3) is 21.9 Å². The van der Waals surface area contributed by atoms with Crippen molar-refractivity contribution in [3.05, 3.63) is 93.8 Å². The van der Waals surface area contributed by atoms with E-state index >= 15 is 0 Å². The fourth-order valence-corrected chi connectivity index (χ4v) is 7.56. The molecule has 3 aromatic heterocycles. The summed E-state index contributed by atoms with van der Waals surface area (Å²) >= 11 is 6.01. The van der Waals surface area contributed by atoms with Gasteiger partial charge in [-0.25, -0.2) is 4.79 Å². The first-order valence-electron chi connectivity index (χ1n) is 16.8. The first-order chi connectivity index (χ1) is 24.5. The SMILES string of the molecule is O=C(C[C@H](Cc1cc(Cl)c(O)c(C(F)(F)F)c1)C(=O)N1CCN(c2ccncc2)CC1)N1CCC(n2c(=O)[nH]c3c4ccccc4ncc32)CC1. The monoisotopic (exact) mass is 721 g/mol. The Morgan fingerprint density at radius 3 is 2.39 bits per heavy atom. The molecule has 2 aromatic carbocycles. The number of piperidine rings is 1. The number of nitrogens with one attached hydrogen (secondary N) is 1. The number of anilines is 1. The fraction of sp³-hybridized carbons (Fsp3) is 0.361. The number of aromatic nitrogens is 4. The van der Waals surface area contributed by atoms with E-state index in [0.717, 1.165) is 22.7 Å². The Morgan fingerprint density at radius 1 is 0.980 bits per heavy atom. The summed E-state index contributed by atoms with van der Waals surface area (Å²) in [4.78, 5) is 57.9. The highest BCUT2D eigenvalue weighted by Gasteiger charge is 2.37. The Labute approximate surface area is 295 Å². The third kappa shape index (κ3) is 6.96. The van der Waals surface area contributed by atoms with Crippen molar-refractivity contribution < 1.29 is 27.9 Å². The maximum absolute atomic E-state index is 14.0. The smallest absolute Gasteiger partial charge is 0.420 e. The Kier molecular flexibility index (Phi) is 9.36. The van der Waals surface area contributed by atoms with Gasteiger partial charge in [-0.2, -0.15) is 13.2 Å². The molecule has 1 atom stereocenters. The van der Waals surface area contributed by atoms with E-state index in [0.29, 0.717) is 63.1 Å². The van der Waals surface area contributed by atoms with Crippen molar-refractivity contribution in [3.8, 4) is 5.75 Å². The molecule has 266 valence electrons. The number of fused-ring (bicyclic) bond motifs is 3. The van der Waals surface area contributed by atoms with Crippen LogP contribution in [0.1, 0.15) is 36.4 Å². The molecule has 0 radical (unpaired) electrons. The molecule has 7 rings (SSSR count). The summed E-state index contributed by atoms with van der Waals surface area (Å²) in [6.07, 6.45) is 0.757. The van der Waals surface area contributed by atoms with Crippen LogP contribution < -0.4 is 10.6 Å². The lowest BCUT2D eigenvalue weighted by molar-refractivity contribution is -0.142. The summed E-state index contributed by atoms with van der Waals surface area (Å²) in [6, 6.07) is 13.1. The van der Waals surface area contributed by atoms with Crippen LogP contribution in [-0.2, 0) is 22.2 Å². The number of alkyl halides is 3. The van der Waals surface area contributed by atoms with Gasteiger partial charge in [0.2, 0.25) is 11.8 Å². The number of imidazole rings is 1. The van der Waals surface area contributed by atoms with Crippen molar-refractivity contribution >= 4 is 51.0 Å². The number of hydrogen-bond acceptors (Lipinski definition) is 7. The van der Waals surface area contributed by atoms with E-state index in [1.807, 2.05) is 36.4 Å². The van der Waals surface area contributed by atoms with Crippen molar-refractivity contribution in [2.75, 3.05) is 44.2 Å². The quantitative estimate of drug-likeness (QED) is 0.230. The van der Waals surface area contributed by atoms with E-state index in [-0.39, 0.29) is 42.0 Å². The van der Waals surface area contributed by atoms with Crippen LogP contribution in [0.2, 0.25) is 5.02 Å². The molecule has 2 aliphatic heterocycles. The van der Waals surface area contributed by atoms with Crippen molar-refractivity contribution in [1.29, 1.82) is 0 Å². The molecule has 5 aromatic rings. The predicted octanol–water partition coefficient (Wildman–Crippen LogP) is 5.41. The van der Waals surface area contributed by atoms with Crippen molar-refractivity contribution in [1.82, 2.24) is 29.3 Å². The Bertz CT molecular complexity index is 2140. The predicted molar refractivity (Wildman–Crippen MR) is 186 cm³/mol. The lowest BCUT2D eigenvalue weighted by atomic mass is 9.92. The number of rotatable bonds is 7. The van der Waals surface area contributed by atoms with E-state index in [2.05, 4.69) is 19.9 Å². The number of carbonyl (C=O) groups excluding carboxylic acids is 2. The summed E-state index contributed by atoms with van der Waals surface area (Å²) in [5, 5.41) is 10.4. The third-order valence-electron chi connectivity index (χ3n) is 9.95. The van der Waals surface area contributed by atoms with E-state index in [1.165, 1.54) is 6.07 Å². The molecular formula is C36H35ClF3N7O4. The second kappa shape index (κ2) is 13.9. The van der Waals surface area contributed by atoms with Gasteiger partial charge in [-0.05, 0) is 55.2 Å². The number of nitrogens with zero attached hydrogens (tertiary/aromatic N) is 6. The average molecular weight is 722 g/mol. The standard InChI is InChI=1S/C36H35ClF3N7O4/c37-28-19-22(18-27(33(28)49)36(38,39)40)17-23(34(50)46-15-13-44(14-16-46)24-5-9-41-10-6-24)20-31(48)45-11-7-25(8-12-45)47-30-21-42-29-4-2-1-3-26(29)32(30)43-35(47)51/h1-6,9-10,18-19,21,23,25,49H,7-8,11-17,20H2,(H,43,51)/t23-/m0/s1. The first kappa shape index (κ1) is 34.3. The number of carbonyl (C=O) groups is 2. The number of phenolic OH excluding ortho intramolecular Hbond substituents is 1. The van der Waals surface area contributed by atoms with Gasteiger partial charge in [0, 0.05) is 75.2 Å². The number of hydrogen-bond donors (Lipinski definition) is 2. The number of likely N-dealkylation sites (tertiary alicyclic amines) is 1. The highest BCUT2D eigenvalue weighted by atomic mass is 35.5. The van der Waals surface area contributed by atoms with Gasteiger partial charge in [-0.3, -0.25) is 24.1 Å². The van der Waals surface area contributed by atoms with Crippen molar-refractivity contribution in [3.63, 3.8) is 0 Å². The molecule has 2 saturated heterocycles. The zero-order chi connectivity index (χ0) is 35.9. The van der Waals surface area contributed by atoms with E-state index in [1.54, 1.807) is 33.0 Å². The number of aromatic amines is 1. The summed E-state index contributed by atoms with van der Waals surface area (Å²) in [5.41, 5.74) is 1.65. The molecule has 0 bridgehead atoms. The summed E-state index contributed by atoms with van der Waals surface area (Å²) < 4.78 is 42.9. The lowest BCUT2D eigenvalue weighted by Crippen LogP contribution is -2.51. The van der Waals surface area contributed by atoms with Gasteiger partial charge in [0.25, 0.3) is 0 Å². The number of para-hydroxylation sites is 1. The van der Waals surface area contributed by atoms with Crippen LogP contribution >= 0.6 is 11.6 Å². The maximum Gasteiger partial charge on any atom is 0.420 e. The Morgan fingerprint density at radius 2 is 1.69 bits per heavy atom. The van der Waals surface area contributed by atoms with Gasteiger partial charge in [0.1, 0.15) is 5.75 Å². The molecule has 15 heteroatoms. The largest absolute Gasteiger partial charge is 0.506 e. The highest BCUT2D eigenvalue weighted by Crippen LogP contribution is 2.41. The molecule has 11 nitrogen and oxygen atoms in total. The molecule has 2 N–H and O–H groups in total. The molecule has 51 heavy (non-hydrogen) atoms. The molecule has 5 heterocycles. The van der Waals surface area contributed by atoms with Gasteiger partial charge >= 0.3 is 11.9 Å². The zero-order valence-electron chi connectivity index (χ0n) is 27.4. The van der Waals surface area contributed by atoms with Crippen LogP contribution in [0.5, 0.6) is 5.75 Å². The minimum atomic E-state index is -4.87. The summed E-state index contributed by atoms with van der Waals surface area (Å²) in [5.74, 6) is -2.70. The van der Waals surface area contributed by atoms with E-state index in [4.69, 9.17) is 11.6 Å². The number of H-pyrrole nitrogens is 1. The third-order valence-corrected chi connectivity index (χ3v) is 10.2. The van der Waals surface area contributed by atoms with E-state index < -0.39 is 28.4 Å². The van der Waals surface area contributed by atoms with Crippen LogP contribution in [0.15, 0.2) is 71.9 Å². The van der Waals surface area contributed by atoms with Crippen LogP contribution in [0.3, 0.4) is 0 Å². The molecule has 2 fully saturated rings. The topological polar surface area (TPSA) is 128 Å². The van der Waals surface area contributed by atoms with Gasteiger partial charge in [0.05, 0.1) is 39.3 Å². The lowest BCUT2D eigenvalue weighted by Gasteiger charge is -2.38. The van der Waals surface area contributed by atoms with Crippen molar-refractivity contribution in [2.45, 2.75) is 37.9 Å². The molecule has 0 aliphatic carbocycles. The van der Waals surface area contributed by atoms with Gasteiger partial charge in [-0.15, -0.1) is 0 Å². The molecule has 0 spiro atoms. The van der Waals surface area contributed by atoms with E-state index in [9.17, 15) is 32.7 Å². The number of halogens is 4. The maximum atomic E-state index is 14.0. The van der Waals surface area contributed by atoms with Crippen LogP contribution in [-0.4, -0.2) is 85.5 Å². The first-order valence-corrected chi connectivity index (χ1v) is 17.1. The normalized spacial score (nSPS) is 16.6. The minimum Gasteiger partial charge on any atom is -0.506 e. The number of amides is 2. The number of phenols is 1. The average Bonchev–Trinajstić information content (AvgIpc) is 3.48. The molecule has 2 amide bonds. The number of pyridine rings is 2. The second-order valence-corrected chi connectivity index (χ2v) is 13.4. The molecule has 0 saturated carbocycles. The number of aromatic hydroxyl groups is 1. The van der Waals surface area contributed by atoms with Gasteiger partial charge < -0.3 is 24.8 Å². The minimum absolute atomic E-state index is 0.0882. The van der Waals surface area contributed by atoms with Crippen LogP contribution in [0.4, 0.5) is 18.9 Å². The highest BCUT2D eigenvalue weighted by molar-refractivity contribution is 6.32. The van der Waals surface area contributed by atoms with Gasteiger partial charge in [0.15, 0.2) is 0 Å². The molecule has 2 aliphatic rings. The molecular weight excluding hydrogens is 687 g/mol. The summed E-state index contributed by atoms with van der Waals surface area (Å²) in [7, 11) is 0. The Hall–Kier alpha value is -5.11. The number of piperazine rings is 1. The zero-order valence-corrected chi connectivity index (χ0v) is 28.2. The van der Waals surface area contributed by atoms with Crippen LogP contribution in [0, 0.1) is 5.92 Å². The number of benzene rings is 2.